The minimum atomic E-state index is -0.0753. The summed E-state index contributed by atoms with van der Waals surface area (Å²) < 4.78 is 0. The van der Waals surface area contributed by atoms with Crippen LogP contribution in [0.3, 0.4) is 0 Å². The Morgan fingerprint density at radius 3 is 2.93 bits per heavy atom. The van der Waals surface area contributed by atoms with Gasteiger partial charge in [0.15, 0.2) is 5.78 Å². The molecular weight excluding hydrogens is 200 g/mol. The van der Waals surface area contributed by atoms with E-state index in [1.807, 2.05) is 6.07 Å². The Morgan fingerprint density at radius 2 is 2.21 bits per heavy atom. The minimum Gasteiger partial charge on any atom is -0.293 e. The van der Waals surface area contributed by atoms with Crippen LogP contribution >= 0.6 is 11.6 Å². The summed E-state index contributed by atoms with van der Waals surface area (Å²) in [5.74, 6) is -0.0753. The first-order valence-corrected chi connectivity index (χ1v) is 4.48. The molecule has 0 fully saturated rings. The number of fused-ring (bicyclic) bond motifs is 1. The van der Waals surface area contributed by atoms with Crippen molar-refractivity contribution in [1.82, 2.24) is 9.97 Å². The van der Waals surface area contributed by atoms with Gasteiger partial charge in [0, 0.05) is 18.5 Å². The molecule has 0 atom stereocenters. The minimum absolute atomic E-state index is 0.0753. The molecule has 2 heterocycles. The summed E-state index contributed by atoms with van der Waals surface area (Å²) in [4.78, 5) is 19.1. The number of ketones is 1. The molecule has 0 aliphatic rings. The molecule has 0 aliphatic carbocycles. The second-order valence-electron chi connectivity index (χ2n) is 2.95. The quantitative estimate of drug-likeness (QED) is 0.532. The SMILES string of the molecule is CC(=O)c1cc2nc(Cl)ccc2cn1. The first-order chi connectivity index (χ1) is 6.66. The number of hydrogen-bond acceptors (Lipinski definition) is 3. The fourth-order valence-corrected chi connectivity index (χ4v) is 1.34. The molecule has 4 heteroatoms. The summed E-state index contributed by atoms with van der Waals surface area (Å²) >= 11 is 5.73. The van der Waals surface area contributed by atoms with Gasteiger partial charge in [-0.1, -0.05) is 11.6 Å². The van der Waals surface area contributed by atoms with Gasteiger partial charge in [-0.2, -0.15) is 0 Å². The molecule has 0 bridgehead atoms. The van der Waals surface area contributed by atoms with Crippen molar-refractivity contribution in [3.05, 3.63) is 35.2 Å². The lowest BCUT2D eigenvalue weighted by Gasteiger charge is -1.99. The van der Waals surface area contributed by atoms with Crippen molar-refractivity contribution in [3.8, 4) is 0 Å². The van der Waals surface area contributed by atoms with Gasteiger partial charge in [-0.25, -0.2) is 4.98 Å². The van der Waals surface area contributed by atoms with Crippen LogP contribution in [0.1, 0.15) is 17.4 Å². The summed E-state index contributed by atoms with van der Waals surface area (Å²) in [6.07, 6.45) is 1.62. The van der Waals surface area contributed by atoms with Crippen molar-refractivity contribution in [1.29, 1.82) is 0 Å². The van der Waals surface area contributed by atoms with Gasteiger partial charge in [0.2, 0.25) is 0 Å². The third kappa shape index (κ3) is 1.59. The maximum absolute atomic E-state index is 11.1. The van der Waals surface area contributed by atoms with E-state index in [1.54, 1.807) is 18.3 Å². The van der Waals surface area contributed by atoms with Crippen LogP contribution in [-0.4, -0.2) is 15.8 Å². The maximum Gasteiger partial charge on any atom is 0.178 e. The van der Waals surface area contributed by atoms with Crippen molar-refractivity contribution in [2.24, 2.45) is 0 Å². The van der Waals surface area contributed by atoms with Crippen molar-refractivity contribution < 1.29 is 4.79 Å². The number of rotatable bonds is 1. The van der Waals surface area contributed by atoms with E-state index in [9.17, 15) is 4.79 Å². The molecule has 70 valence electrons. The summed E-state index contributed by atoms with van der Waals surface area (Å²) in [5.41, 5.74) is 1.10. The third-order valence-corrected chi connectivity index (χ3v) is 2.11. The number of hydrogen-bond donors (Lipinski definition) is 0. The second-order valence-corrected chi connectivity index (χ2v) is 3.34. The average Bonchev–Trinajstić information content (AvgIpc) is 2.16. The molecule has 0 saturated carbocycles. The summed E-state index contributed by atoms with van der Waals surface area (Å²) in [5, 5.41) is 1.29. The standard InChI is InChI=1S/C10H7ClN2O/c1-6(14)8-4-9-7(5-12-8)2-3-10(11)13-9/h2-5H,1H3. The Bertz CT molecular complexity index is 510. The Balaban J connectivity index is 2.69. The number of pyridine rings is 2. The molecule has 0 unspecified atom stereocenters. The van der Waals surface area contributed by atoms with Gasteiger partial charge in [0.05, 0.1) is 5.52 Å². The van der Waals surface area contributed by atoms with Gasteiger partial charge < -0.3 is 0 Å². The van der Waals surface area contributed by atoms with Crippen molar-refractivity contribution in [3.63, 3.8) is 0 Å². The van der Waals surface area contributed by atoms with Crippen LogP contribution < -0.4 is 0 Å². The number of carbonyl (C=O) groups excluding carboxylic acids is 1. The van der Waals surface area contributed by atoms with E-state index in [4.69, 9.17) is 11.6 Å². The number of carbonyl (C=O) groups is 1. The largest absolute Gasteiger partial charge is 0.293 e. The van der Waals surface area contributed by atoms with Crippen molar-refractivity contribution >= 4 is 28.3 Å². The van der Waals surface area contributed by atoms with E-state index in [0.717, 1.165) is 5.39 Å². The van der Waals surface area contributed by atoms with Crippen LogP contribution in [0.25, 0.3) is 10.9 Å². The third-order valence-electron chi connectivity index (χ3n) is 1.90. The Kier molecular flexibility index (Phi) is 2.17. The number of aromatic nitrogens is 2. The average molecular weight is 207 g/mol. The van der Waals surface area contributed by atoms with Gasteiger partial charge in [-0.15, -0.1) is 0 Å². The van der Waals surface area contributed by atoms with E-state index in [1.165, 1.54) is 6.92 Å². The first-order valence-electron chi connectivity index (χ1n) is 4.10. The molecule has 14 heavy (non-hydrogen) atoms. The molecule has 0 N–H and O–H groups in total. The molecule has 0 radical (unpaired) electrons. The molecule has 2 aromatic rings. The zero-order valence-corrected chi connectivity index (χ0v) is 8.25. The van der Waals surface area contributed by atoms with E-state index < -0.39 is 0 Å². The summed E-state index contributed by atoms with van der Waals surface area (Å²) in [6.45, 7) is 1.47. The van der Waals surface area contributed by atoms with Gasteiger partial charge in [0.1, 0.15) is 10.8 Å². The van der Waals surface area contributed by atoms with Crippen molar-refractivity contribution in [2.45, 2.75) is 6.92 Å². The number of Topliss-reactive ketones (excluding diaryl/α,β-unsaturated/α-hetero) is 1. The van der Waals surface area contributed by atoms with Crippen LogP contribution in [0.5, 0.6) is 0 Å². The van der Waals surface area contributed by atoms with Crippen LogP contribution in [0.4, 0.5) is 0 Å². The van der Waals surface area contributed by atoms with Crippen LogP contribution in [-0.2, 0) is 0 Å². The van der Waals surface area contributed by atoms with E-state index >= 15 is 0 Å². The summed E-state index contributed by atoms with van der Waals surface area (Å²) in [7, 11) is 0. The fraction of sp³-hybridized carbons (Fsp3) is 0.100. The molecule has 0 amide bonds. The fourth-order valence-electron chi connectivity index (χ4n) is 1.18. The highest BCUT2D eigenvalue weighted by atomic mass is 35.5. The molecule has 0 aromatic carbocycles. The summed E-state index contributed by atoms with van der Waals surface area (Å²) in [6, 6.07) is 5.16. The lowest BCUT2D eigenvalue weighted by Crippen LogP contribution is -1.96. The van der Waals surface area contributed by atoms with Crippen molar-refractivity contribution in [2.75, 3.05) is 0 Å². The van der Waals surface area contributed by atoms with E-state index in [0.29, 0.717) is 16.4 Å². The van der Waals surface area contributed by atoms with Crippen LogP contribution in [0.2, 0.25) is 5.15 Å². The van der Waals surface area contributed by atoms with Gasteiger partial charge in [-0.3, -0.25) is 9.78 Å². The lowest BCUT2D eigenvalue weighted by molar-refractivity contribution is 0.101. The van der Waals surface area contributed by atoms with E-state index in [-0.39, 0.29) is 5.78 Å². The van der Waals surface area contributed by atoms with Crippen LogP contribution in [0.15, 0.2) is 24.4 Å². The zero-order chi connectivity index (χ0) is 10.1. The predicted molar refractivity (Wildman–Crippen MR) is 54.6 cm³/mol. The lowest BCUT2D eigenvalue weighted by atomic mass is 10.2. The molecule has 0 aliphatic heterocycles. The topological polar surface area (TPSA) is 42.9 Å². The maximum atomic E-state index is 11.1. The van der Waals surface area contributed by atoms with Gasteiger partial charge >= 0.3 is 0 Å². The highest BCUT2D eigenvalue weighted by Gasteiger charge is 2.03. The number of halogens is 1. The molecule has 2 aromatic heterocycles. The Labute approximate surface area is 85.7 Å². The molecule has 2 rings (SSSR count). The zero-order valence-electron chi connectivity index (χ0n) is 7.49. The molecule has 0 spiro atoms. The van der Waals surface area contributed by atoms with Gasteiger partial charge in [-0.05, 0) is 18.2 Å². The highest BCUT2D eigenvalue weighted by Crippen LogP contribution is 2.15. The van der Waals surface area contributed by atoms with Gasteiger partial charge in [0.25, 0.3) is 0 Å². The van der Waals surface area contributed by atoms with Crippen LogP contribution in [0, 0.1) is 0 Å². The molecule has 0 saturated heterocycles. The predicted octanol–water partition coefficient (Wildman–Crippen LogP) is 2.49. The molecule has 3 nitrogen and oxygen atoms in total. The number of nitrogens with zero attached hydrogens (tertiary/aromatic N) is 2. The Morgan fingerprint density at radius 1 is 1.43 bits per heavy atom. The Hall–Kier alpha value is -1.48. The first kappa shape index (κ1) is 9.09. The second kappa shape index (κ2) is 3.35. The normalized spacial score (nSPS) is 10.4. The van der Waals surface area contributed by atoms with E-state index in [2.05, 4.69) is 9.97 Å². The highest BCUT2D eigenvalue weighted by molar-refractivity contribution is 6.29. The molecular formula is C10H7ClN2O. The monoisotopic (exact) mass is 206 g/mol. The smallest absolute Gasteiger partial charge is 0.178 e.